The Morgan fingerprint density at radius 3 is 2.36 bits per heavy atom. The van der Waals surface area contributed by atoms with Crippen LogP contribution in [-0.4, -0.2) is 67.7 Å². The van der Waals surface area contributed by atoms with E-state index in [0.717, 1.165) is 25.8 Å². The van der Waals surface area contributed by atoms with Crippen LogP contribution in [0, 0.1) is 0 Å². The number of nitrogens with one attached hydrogen (secondary N) is 2. The monoisotopic (exact) mass is 310 g/mol. The lowest BCUT2D eigenvalue weighted by Gasteiger charge is -2.34. The lowest BCUT2D eigenvalue weighted by atomic mass is 9.96. The molecule has 5 nitrogen and oxygen atoms in total. The zero-order valence-corrected chi connectivity index (χ0v) is 14.3. The van der Waals surface area contributed by atoms with Gasteiger partial charge in [-0.25, -0.2) is 4.79 Å². The van der Waals surface area contributed by atoms with Crippen molar-refractivity contribution in [1.82, 2.24) is 20.4 Å². The second-order valence-electron chi connectivity index (χ2n) is 6.72. The van der Waals surface area contributed by atoms with Crippen molar-refractivity contribution in [3.05, 3.63) is 0 Å². The fourth-order valence-corrected chi connectivity index (χ4v) is 3.47. The summed E-state index contributed by atoms with van der Waals surface area (Å²) >= 11 is 0. The molecular weight excluding hydrogens is 276 g/mol. The maximum absolute atomic E-state index is 11.8. The van der Waals surface area contributed by atoms with Gasteiger partial charge in [0.15, 0.2) is 0 Å². The number of likely N-dealkylation sites (N-methyl/N-ethyl adjacent to an activating group) is 1. The normalized spacial score (nSPS) is 21.7. The summed E-state index contributed by atoms with van der Waals surface area (Å²) in [6.07, 6.45) is 8.40. The van der Waals surface area contributed by atoms with Gasteiger partial charge in [-0.05, 0) is 38.8 Å². The molecule has 0 spiro atoms. The summed E-state index contributed by atoms with van der Waals surface area (Å²) in [6.45, 7) is 10.2. The van der Waals surface area contributed by atoms with E-state index in [1.165, 1.54) is 65.0 Å². The Hall–Kier alpha value is -0.810. The van der Waals surface area contributed by atoms with Crippen molar-refractivity contribution in [2.75, 3.05) is 45.8 Å². The Kier molecular flexibility index (Phi) is 8.02. The molecular formula is C17H34N4O. The molecule has 0 bridgehead atoms. The van der Waals surface area contributed by atoms with Crippen molar-refractivity contribution in [2.45, 2.75) is 57.9 Å². The highest BCUT2D eigenvalue weighted by Gasteiger charge is 2.16. The second kappa shape index (κ2) is 10.1. The zero-order chi connectivity index (χ0) is 15.6. The molecule has 5 heteroatoms. The maximum Gasteiger partial charge on any atom is 0.315 e. The highest BCUT2D eigenvalue weighted by molar-refractivity contribution is 5.74. The molecule has 0 aromatic rings. The number of piperazine rings is 1. The van der Waals surface area contributed by atoms with Crippen LogP contribution in [0.1, 0.15) is 51.9 Å². The summed E-state index contributed by atoms with van der Waals surface area (Å²) < 4.78 is 0. The van der Waals surface area contributed by atoms with Gasteiger partial charge in [0.25, 0.3) is 0 Å². The van der Waals surface area contributed by atoms with Crippen LogP contribution in [0.2, 0.25) is 0 Å². The Labute approximate surface area is 135 Å². The Balaban J connectivity index is 1.44. The molecule has 0 aromatic carbocycles. The molecule has 0 atom stereocenters. The van der Waals surface area contributed by atoms with E-state index in [9.17, 15) is 4.79 Å². The highest BCUT2D eigenvalue weighted by atomic mass is 16.2. The minimum Gasteiger partial charge on any atom is -0.338 e. The largest absolute Gasteiger partial charge is 0.338 e. The van der Waals surface area contributed by atoms with Crippen LogP contribution in [0.25, 0.3) is 0 Å². The van der Waals surface area contributed by atoms with E-state index in [-0.39, 0.29) is 6.03 Å². The summed E-state index contributed by atoms with van der Waals surface area (Å²) in [5.74, 6) is 0. The topological polar surface area (TPSA) is 47.6 Å². The SMILES string of the molecule is CCN1CCN(CCCCNC(=O)NC2CCCCC2)CC1. The molecule has 2 N–H and O–H groups in total. The fourth-order valence-electron chi connectivity index (χ4n) is 3.47. The first-order valence-corrected chi connectivity index (χ1v) is 9.27. The quantitative estimate of drug-likeness (QED) is 0.708. The predicted molar refractivity (Wildman–Crippen MR) is 91.2 cm³/mol. The van der Waals surface area contributed by atoms with Crippen molar-refractivity contribution in [3.63, 3.8) is 0 Å². The molecule has 22 heavy (non-hydrogen) atoms. The van der Waals surface area contributed by atoms with Crippen molar-refractivity contribution >= 4 is 6.03 Å². The molecule has 1 heterocycles. The average molecular weight is 310 g/mol. The summed E-state index contributed by atoms with van der Waals surface area (Å²) in [4.78, 5) is 16.9. The first-order chi connectivity index (χ1) is 10.8. The number of urea groups is 1. The number of hydrogen-bond acceptors (Lipinski definition) is 3. The standard InChI is InChI=1S/C17H34N4O/c1-2-20-12-14-21(15-13-20)11-7-6-10-18-17(22)19-16-8-4-3-5-9-16/h16H,2-15H2,1H3,(H2,18,19,22). The van der Waals surface area contributed by atoms with Crippen LogP contribution in [0.4, 0.5) is 4.79 Å². The first-order valence-electron chi connectivity index (χ1n) is 9.27. The van der Waals surface area contributed by atoms with E-state index in [2.05, 4.69) is 27.4 Å². The van der Waals surface area contributed by atoms with Crippen LogP contribution >= 0.6 is 0 Å². The van der Waals surface area contributed by atoms with Crippen LogP contribution in [0.15, 0.2) is 0 Å². The minimum absolute atomic E-state index is 0.0310. The van der Waals surface area contributed by atoms with Crippen molar-refractivity contribution in [1.29, 1.82) is 0 Å². The molecule has 0 radical (unpaired) electrons. The minimum atomic E-state index is 0.0310. The second-order valence-corrected chi connectivity index (χ2v) is 6.72. The molecule has 2 fully saturated rings. The van der Waals surface area contributed by atoms with Crippen LogP contribution in [-0.2, 0) is 0 Å². The zero-order valence-electron chi connectivity index (χ0n) is 14.3. The van der Waals surface area contributed by atoms with E-state index < -0.39 is 0 Å². The van der Waals surface area contributed by atoms with E-state index in [1.807, 2.05) is 0 Å². The maximum atomic E-state index is 11.8. The van der Waals surface area contributed by atoms with Gasteiger partial charge in [0.1, 0.15) is 0 Å². The number of hydrogen-bond donors (Lipinski definition) is 2. The van der Waals surface area contributed by atoms with Gasteiger partial charge < -0.3 is 20.4 Å². The van der Waals surface area contributed by atoms with Gasteiger partial charge in [0, 0.05) is 38.8 Å². The molecule has 1 aliphatic heterocycles. The van der Waals surface area contributed by atoms with Gasteiger partial charge >= 0.3 is 6.03 Å². The third-order valence-corrected chi connectivity index (χ3v) is 5.04. The van der Waals surface area contributed by atoms with Crippen LogP contribution in [0.5, 0.6) is 0 Å². The molecule has 2 rings (SSSR count). The molecule has 2 amide bonds. The Morgan fingerprint density at radius 2 is 1.68 bits per heavy atom. The van der Waals surface area contributed by atoms with Crippen molar-refractivity contribution in [2.24, 2.45) is 0 Å². The third kappa shape index (κ3) is 6.53. The molecule has 0 aromatic heterocycles. The van der Waals surface area contributed by atoms with Gasteiger partial charge in [-0.15, -0.1) is 0 Å². The first kappa shape index (κ1) is 17.5. The average Bonchev–Trinajstić information content (AvgIpc) is 2.56. The molecule has 2 aliphatic rings. The fraction of sp³-hybridized carbons (Fsp3) is 0.941. The van der Waals surface area contributed by atoms with E-state index in [0.29, 0.717) is 6.04 Å². The van der Waals surface area contributed by atoms with Gasteiger partial charge in [-0.3, -0.25) is 0 Å². The van der Waals surface area contributed by atoms with Crippen LogP contribution < -0.4 is 10.6 Å². The smallest absolute Gasteiger partial charge is 0.315 e. The van der Waals surface area contributed by atoms with Crippen molar-refractivity contribution < 1.29 is 4.79 Å². The van der Waals surface area contributed by atoms with Crippen molar-refractivity contribution in [3.8, 4) is 0 Å². The van der Waals surface area contributed by atoms with E-state index in [1.54, 1.807) is 0 Å². The molecule has 1 saturated heterocycles. The number of carbonyl (C=O) groups is 1. The Morgan fingerprint density at radius 1 is 1.00 bits per heavy atom. The summed E-state index contributed by atoms with van der Waals surface area (Å²) in [7, 11) is 0. The van der Waals surface area contributed by atoms with Gasteiger partial charge in [-0.2, -0.15) is 0 Å². The summed E-state index contributed by atoms with van der Waals surface area (Å²) in [6, 6.07) is 0.437. The number of rotatable bonds is 7. The van der Waals surface area contributed by atoms with Gasteiger partial charge in [0.05, 0.1) is 0 Å². The lowest BCUT2D eigenvalue weighted by molar-refractivity contribution is 0.135. The third-order valence-electron chi connectivity index (χ3n) is 5.04. The van der Waals surface area contributed by atoms with E-state index in [4.69, 9.17) is 0 Å². The van der Waals surface area contributed by atoms with Crippen LogP contribution in [0.3, 0.4) is 0 Å². The lowest BCUT2D eigenvalue weighted by Crippen LogP contribution is -2.46. The van der Waals surface area contributed by atoms with Gasteiger partial charge in [-0.1, -0.05) is 26.2 Å². The summed E-state index contributed by atoms with van der Waals surface area (Å²) in [5, 5.41) is 6.11. The molecule has 0 unspecified atom stereocenters. The number of unbranched alkanes of at least 4 members (excludes halogenated alkanes) is 1. The van der Waals surface area contributed by atoms with E-state index >= 15 is 0 Å². The Bertz CT molecular complexity index is 310. The predicted octanol–water partition coefficient (Wildman–Crippen LogP) is 2.04. The molecule has 1 aliphatic carbocycles. The number of nitrogens with zero attached hydrogens (tertiary/aromatic N) is 2. The highest BCUT2D eigenvalue weighted by Crippen LogP contribution is 2.17. The molecule has 128 valence electrons. The number of carbonyl (C=O) groups excluding carboxylic acids is 1. The molecule has 1 saturated carbocycles. The van der Waals surface area contributed by atoms with Gasteiger partial charge in [0.2, 0.25) is 0 Å². The summed E-state index contributed by atoms with van der Waals surface area (Å²) in [5.41, 5.74) is 0. The number of amides is 2.